The number of methoxy groups -OCH3 is 1. The Morgan fingerprint density at radius 2 is 2.08 bits per heavy atom. The van der Waals surface area contributed by atoms with Gasteiger partial charge in [-0.3, -0.25) is 4.68 Å². The lowest BCUT2D eigenvalue weighted by Gasteiger charge is -2.25. The third-order valence-corrected chi connectivity index (χ3v) is 4.57. The Hall–Kier alpha value is -1.61. The zero-order valence-corrected chi connectivity index (χ0v) is 14.2. The fourth-order valence-corrected chi connectivity index (χ4v) is 3.44. The van der Waals surface area contributed by atoms with Crippen molar-refractivity contribution >= 4 is 5.97 Å². The maximum absolute atomic E-state index is 10.6. The second-order valence-corrected chi connectivity index (χ2v) is 6.47. The van der Waals surface area contributed by atoms with E-state index in [1.54, 1.807) is 7.11 Å². The van der Waals surface area contributed by atoms with Gasteiger partial charge in [0.2, 0.25) is 0 Å². The molecule has 3 rings (SSSR count). The van der Waals surface area contributed by atoms with Crippen LogP contribution in [0.1, 0.15) is 42.9 Å². The zero-order valence-electron chi connectivity index (χ0n) is 14.2. The standard InChI is InChI=1S/C14H23N3O.C2HF3O2/c1-18-10-13-7-15-6-12-8-16-17(14(12)13)9-11-4-2-3-5-11;3-2(4,5)1(6)7/h8,11,13,15H,2-7,9-10H2,1H3;(H,6,7). The van der Waals surface area contributed by atoms with Crippen LogP contribution in [0.2, 0.25) is 0 Å². The quantitative estimate of drug-likeness (QED) is 0.860. The van der Waals surface area contributed by atoms with Crippen LogP contribution in [0.25, 0.3) is 0 Å². The summed E-state index contributed by atoms with van der Waals surface area (Å²) < 4.78 is 39.3. The van der Waals surface area contributed by atoms with Crippen LogP contribution in [0.15, 0.2) is 6.20 Å². The van der Waals surface area contributed by atoms with E-state index in [2.05, 4.69) is 15.1 Å². The largest absolute Gasteiger partial charge is 0.490 e. The van der Waals surface area contributed by atoms with Crippen LogP contribution in [0, 0.1) is 5.92 Å². The molecule has 2 aliphatic rings. The second-order valence-electron chi connectivity index (χ2n) is 6.47. The van der Waals surface area contributed by atoms with E-state index >= 15 is 0 Å². The third-order valence-electron chi connectivity index (χ3n) is 4.57. The van der Waals surface area contributed by atoms with E-state index < -0.39 is 12.1 Å². The van der Waals surface area contributed by atoms with Gasteiger partial charge in [-0.1, -0.05) is 12.8 Å². The number of carboxylic acid groups (broad SMARTS) is 1. The zero-order chi connectivity index (χ0) is 18.4. The summed E-state index contributed by atoms with van der Waals surface area (Å²) in [7, 11) is 1.78. The van der Waals surface area contributed by atoms with E-state index in [9.17, 15) is 13.2 Å². The Bertz CT molecular complexity index is 569. The summed E-state index contributed by atoms with van der Waals surface area (Å²) in [5.74, 6) is -1.46. The molecule has 0 spiro atoms. The molecule has 142 valence electrons. The molecule has 1 atom stereocenters. The number of nitrogens with zero attached hydrogens (tertiary/aromatic N) is 2. The number of nitrogens with one attached hydrogen (secondary N) is 1. The first kappa shape index (κ1) is 19.7. The van der Waals surface area contributed by atoms with Gasteiger partial charge in [-0.15, -0.1) is 0 Å². The van der Waals surface area contributed by atoms with Gasteiger partial charge in [-0.25, -0.2) is 4.79 Å². The monoisotopic (exact) mass is 363 g/mol. The summed E-state index contributed by atoms with van der Waals surface area (Å²) in [5, 5.41) is 15.2. The lowest BCUT2D eigenvalue weighted by atomic mass is 9.98. The molecule has 1 aromatic heterocycles. The Morgan fingerprint density at radius 1 is 1.44 bits per heavy atom. The van der Waals surface area contributed by atoms with Gasteiger partial charge in [0.15, 0.2) is 0 Å². The third kappa shape index (κ3) is 5.43. The molecule has 1 aliphatic heterocycles. The first-order chi connectivity index (χ1) is 11.8. The molecule has 1 unspecified atom stereocenters. The molecule has 1 saturated carbocycles. The minimum Gasteiger partial charge on any atom is -0.475 e. The highest BCUT2D eigenvalue weighted by molar-refractivity contribution is 5.73. The number of fused-ring (bicyclic) bond motifs is 1. The SMILES string of the molecule is COCC1CNCc2cnn(CC3CCCC3)c21.O=C(O)C(F)(F)F. The molecule has 0 bridgehead atoms. The minimum atomic E-state index is -5.08. The van der Waals surface area contributed by atoms with E-state index in [-0.39, 0.29) is 0 Å². The van der Waals surface area contributed by atoms with Crippen molar-refractivity contribution in [3.8, 4) is 0 Å². The normalized spacial score (nSPS) is 20.7. The van der Waals surface area contributed by atoms with Gasteiger partial charge in [-0.05, 0) is 18.8 Å². The minimum absolute atomic E-state index is 0.461. The highest BCUT2D eigenvalue weighted by atomic mass is 19.4. The Kier molecular flexibility index (Phi) is 6.83. The highest BCUT2D eigenvalue weighted by Crippen LogP contribution is 2.29. The molecule has 1 aliphatic carbocycles. The van der Waals surface area contributed by atoms with Crippen molar-refractivity contribution in [1.82, 2.24) is 15.1 Å². The maximum atomic E-state index is 10.6. The number of carboxylic acids is 1. The van der Waals surface area contributed by atoms with Crippen LogP contribution in [0.5, 0.6) is 0 Å². The molecule has 0 aromatic carbocycles. The number of ether oxygens (including phenoxy) is 1. The molecule has 0 radical (unpaired) electrons. The van der Waals surface area contributed by atoms with Crippen LogP contribution < -0.4 is 5.32 Å². The van der Waals surface area contributed by atoms with Crippen LogP contribution >= 0.6 is 0 Å². The molecule has 0 amide bonds. The van der Waals surface area contributed by atoms with Crippen LogP contribution in [-0.4, -0.2) is 47.3 Å². The molecule has 9 heteroatoms. The summed E-state index contributed by atoms with van der Waals surface area (Å²) in [5.41, 5.74) is 2.78. The van der Waals surface area contributed by atoms with Gasteiger partial charge in [-0.2, -0.15) is 18.3 Å². The molecule has 1 aromatic rings. The van der Waals surface area contributed by atoms with Crippen molar-refractivity contribution in [2.24, 2.45) is 5.92 Å². The van der Waals surface area contributed by atoms with Gasteiger partial charge in [0.1, 0.15) is 0 Å². The van der Waals surface area contributed by atoms with Gasteiger partial charge in [0.25, 0.3) is 0 Å². The number of rotatable bonds is 4. The predicted octanol–water partition coefficient (Wildman–Crippen LogP) is 2.54. The number of carbonyl (C=O) groups is 1. The first-order valence-electron chi connectivity index (χ1n) is 8.37. The first-order valence-corrected chi connectivity index (χ1v) is 8.37. The van der Waals surface area contributed by atoms with E-state index in [0.29, 0.717) is 5.92 Å². The molecule has 1 fully saturated rings. The van der Waals surface area contributed by atoms with Gasteiger partial charge in [0, 0.05) is 43.9 Å². The Balaban J connectivity index is 0.000000277. The van der Waals surface area contributed by atoms with Gasteiger partial charge >= 0.3 is 12.1 Å². The fraction of sp³-hybridized carbons (Fsp3) is 0.750. The van der Waals surface area contributed by atoms with E-state index in [1.807, 2.05) is 6.20 Å². The molecule has 6 nitrogen and oxygen atoms in total. The summed E-state index contributed by atoms with van der Waals surface area (Å²) in [6, 6.07) is 0. The molecule has 2 N–H and O–H groups in total. The molecular formula is C16H24F3N3O3. The number of hydrogen-bond donors (Lipinski definition) is 2. The number of halogens is 3. The average Bonchev–Trinajstić information content (AvgIpc) is 3.18. The van der Waals surface area contributed by atoms with Gasteiger partial charge < -0.3 is 15.2 Å². The summed E-state index contributed by atoms with van der Waals surface area (Å²) in [4.78, 5) is 8.90. The molecule has 0 saturated heterocycles. The van der Waals surface area contributed by atoms with Crippen LogP contribution in [0.3, 0.4) is 0 Å². The van der Waals surface area contributed by atoms with E-state index in [1.165, 1.54) is 36.9 Å². The van der Waals surface area contributed by atoms with Crippen molar-refractivity contribution in [3.05, 3.63) is 17.5 Å². The lowest BCUT2D eigenvalue weighted by molar-refractivity contribution is -0.192. The summed E-state index contributed by atoms with van der Waals surface area (Å²) in [6.45, 7) is 3.86. The number of hydrogen-bond acceptors (Lipinski definition) is 4. The Morgan fingerprint density at radius 3 is 2.64 bits per heavy atom. The summed E-state index contributed by atoms with van der Waals surface area (Å²) in [6.07, 6.45) is 2.51. The van der Waals surface area contributed by atoms with Gasteiger partial charge in [0.05, 0.1) is 12.8 Å². The van der Waals surface area contributed by atoms with Crippen molar-refractivity contribution < 1.29 is 27.8 Å². The van der Waals surface area contributed by atoms with Crippen molar-refractivity contribution in [3.63, 3.8) is 0 Å². The van der Waals surface area contributed by atoms with E-state index in [0.717, 1.165) is 32.2 Å². The summed E-state index contributed by atoms with van der Waals surface area (Å²) >= 11 is 0. The smallest absolute Gasteiger partial charge is 0.475 e. The fourth-order valence-electron chi connectivity index (χ4n) is 3.44. The van der Waals surface area contributed by atoms with E-state index in [4.69, 9.17) is 14.6 Å². The maximum Gasteiger partial charge on any atom is 0.490 e. The van der Waals surface area contributed by atoms with Crippen molar-refractivity contribution in [1.29, 1.82) is 0 Å². The van der Waals surface area contributed by atoms with Crippen molar-refractivity contribution in [2.75, 3.05) is 20.3 Å². The molecule has 2 heterocycles. The predicted molar refractivity (Wildman–Crippen MR) is 84.2 cm³/mol. The van der Waals surface area contributed by atoms with Crippen LogP contribution in [-0.2, 0) is 22.6 Å². The van der Waals surface area contributed by atoms with Crippen molar-refractivity contribution in [2.45, 2.75) is 50.9 Å². The number of aliphatic carboxylic acids is 1. The highest BCUT2D eigenvalue weighted by Gasteiger charge is 2.38. The molecular weight excluding hydrogens is 339 g/mol. The number of alkyl halides is 3. The topological polar surface area (TPSA) is 76.4 Å². The Labute approximate surface area is 144 Å². The number of aromatic nitrogens is 2. The van der Waals surface area contributed by atoms with Crippen LogP contribution in [0.4, 0.5) is 13.2 Å². The lowest BCUT2D eigenvalue weighted by Crippen LogP contribution is -2.32. The molecule has 25 heavy (non-hydrogen) atoms. The average molecular weight is 363 g/mol. The second kappa shape index (κ2) is 8.66.